The quantitative estimate of drug-likeness (QED) is 0.622. The Hall–Kier alpha value is -2.83. The number of sulfonamides is 1. The van der Waals surface area contributed by atoms with E-state index >= 15 is 0 Å². The molecule has 192 valence electrons. The molecule has 3 fully saturated rings. The zero-order valence-electron chi connectivity index (χ0n) is 20.2. The van der Waals surface area contributed by atoms with Gasteiger partial charge < -0.3 is 20.4 Å². The maximum absolute atomic E-state index is 14.2. The van der Waals surface area contributed by atoms with Crippen LogP contribution in [0.4, 0.5) is 21.8 Å². The number of piperazine rings is 1. The highest BCUT2D eigenvalue weighted by atomic mass is 32.2. The molecule has 4 aliphatic rings. The van der Waals surface area contributed by atoms with Gasteiger partial charge in [0.15, 0.2) is 0 Å². The number of nitrogens with two attached hydrogens (primary N) is 1. The maximum Gasteiger partial charge on any atom is 0.238 e. The van der Waals surface area contributed by atoms with E-state index in [1.165, 1.54) is 22.7 Å². The lowest BCUT2D eigenvalue weighted by Crippen LogP contribution is -2.49. The lowest BCUT2D eigenvalue weighted by molar-refractivity contribution is -0.120. The minimum Gasteiger partial charge on any atom is -0.354 e. The Kier molecular flexibility index (Phi) is 5.47. The van der Waals surface area contributed by atoms with Crippen LogP contribution < -0.4 is 20.4 Å². The summed E-state index contributed by atoms with van der Waals surface area (Å²) in [6, 6.07) is 4.66. The standard InChI is InChI=1S/C24H30FN7O3S/c1-36(34,35)31-10-8-29(9-11-31)21-16(13-27-23(28-21)30-7-4-18(26)15-30)14-32-20-12-17(25)2-3-19(20)24(5-6-24)22(32)33/h2-3,12-13,18H,4-11,14-15,26H2,1H3. The Morgan fingerprint density at radius 1 is 1.14 bits per heavy atom. The molecule has 0 bridgehead atoms. The highest BCUT2D eigenvalue weighted by molar-refractivity contribution is 7.88. The molecule has 1 saturated carbocycles. The number of fused-ring (bicyclic) bond motifs is 2. The van der Waals surface area contributed by atoms with Crippen LogP contribution in [-0.4, -0.2) is 80.2 Å². The van der Waals surface area contributed by atoms with Gasteiger partial charge in [-0.1, -0.05) is 6.07 Å². The number of hydrogen-bond donors (Lipinski definition) is 1. The van der Waals surface area contributed by atoms with E-state index in [4.69, 9.17) is 10.7 Å². The highest BCUT2D eigenvalue weighted by Crippen LogP contribution is 2.57. The molecule has 2 N–H and O–H groups in total. The van der Waals surface area contributed by atoms with Crippen molar-refractivity contribution in [2.75, 3.05) is 60.2 Å². The van der Waals surface area contributed by atoms with E-state index in [1.807, 2.05) is 0 Å². The molecule has 12 heteroatoms. The fourth-order valence-corrected chi connectivity index (χ4v) is 6.50. The molecule has 1 aromatic carbocycles. The SMILES string of the molecule is CS(=O)(=O)N1CCN(c2nc(N3CCC(N)C3)ncc2CN2C(=O)C3(CC3)c3ccc(F)cc32)CC1. The summed E-state index contributed by atoms with van der Waals surface area (Å²) in [4.78, 5) is 28.7. The van der Waals surface area contributed by atoms with E-state index in [0.717, 1.165) is 36.9 Å². The molecule has 2 aromatic rings. The topological polar surface area (TPSA) is 116 Å². The number of anilines is 3. The van der Waals surface area contributed by atoms with E-state index in [0.29, 0.717) is 50.2 Å². The van der Waals surface area contributed by atoms with E-state index in [1.54, 1.807) is 17.2 Å². The lowest BCUT2D eigenvalue weighted by atomic mass is 9.98. The predicted molar refractivity (Wildman–Crippen MR) is 134 cm³/mol. The zero-order valence-corrected chi connectivity index (χ0v) is 21.0. The van der Waals surface area contributed by atoms with Crippen molar-refractivity contribution < 1.29 is 17.6 Å². The summed E-state index contributed by atoms with van der Waals surface area (Å²) in [5.41, 5.74) is 7.81. The molecule has 36 heavy (non-hydrogen) atoms. The Morgan fingerprint density at radius 2 is 1.89 bits per heavy atom. The van der Waals surface area contributed by atoms with E-state index in [2.05, 4.69) is 14.8 Å². The average Bonchev–Trinajstić information content (AvgIpc) is 3.49. The minimum absolute atomic E-state index is 0.00876. The smallest absolute Gasteiger partial charge is 0.238 e. The molecule has 6 rings (SSSR count). The number of aromatic nitrogens is 2. The van der Waals surface area contributed by atoms with Crippen molar-refractivity contribution in [2.24, 2.45) is 5.73 Å². The summed E-state index contributed by atoms with van der Waals surface area (Å²) in [6.07, 6.45) is 5.36. The molecular formula is C24H30FN7O3S. The van der Waals surface area contributed by atoms with Crippen LogP contribution in [0, 0.1) is 5.82 Å². The van der Waals surface area contributed by atoms with Gasteiger partial charge in [-0.3, -0.25) is 4.79 Å². The lowest BCUT2D eigenvalue weighted by Gasteiger charge is -2.35. The maximum atomic E-state index is 14.2. The molecular weight excluding hydrogens is 485 g/mol. The average molecular weight is 516 g/mol. The largest absolute Gasteiger partial charge is 0.354 e. The number of hydrogen-bond acceptors (Lipinski definition) is 8. The van der Waals surface area contributed by atoms with Gasteiger partial charge in [0.2, 0.25) is 21.9 Å². The Labute approximate surface area is 209 Å². The van der Waals surface area contributed by atoms with Gasteiger partial charge in [-0.05, 0) is 37.0 Å². The molecule has 2 saturated heterocycles. The second-order valence-corrected chi connectivity index (χ2v) is 12.3. The van der Waals surface area contributed by atoms with E-state index in [9.17, 15) is 17.6 Å². The first-order valence-corrected chi connectivity index (χ1v) is 14.2. The first-order valence-electron chi connectivity index (χ1n) is 12.3. The second kappa shape index (κ2) is 8.35. The van der Waals surface area contributed by atoms with Crippen LogP contribution >= 0.6 is 0 Å². The fourth-order valence-electron chi connectivity index (χ4n) is 5.68. The van der Waals surface area contributed by atoms with Gasteiger partial charge in [0.1, 0.15) is 11.6 Å². The molecule has 1 unspecified atom stereocenters. The summed E-state index contributed by atoms with van der Waals surface area (Å²) in [7, 11) is -3.28. The zero-order chi connectivity index (χ0) is 25.2. The number of halogens is 1. The van der Waals surface area contributed by atoms with Crippen LogP contribution in [0.5, 0.6) is 0 Å². The molecule has 1 spiro atoms. The van der Waals surface area contributed by atoms with Gasteiger partial charge in [-0.15, -0.1) is 0 Å². The molecule has 0 radical (unpaired) electrons. The van der Waals surface area contributed by atoms with Gasteiger partial charge in [-0.25, -0.2) is 17.8 Å². The summed E-state index contributed by atoms with van der Waals surface area (Å²) < 4.78 is 39.7. The van der Waals surface area contributed by atoms with Crippen LogP contribution in [0.25, 0.3) is 0 Å². The molecule has 1 atom stereocenters. The summed E-state index contributed by atoms with van der Waals surface area (Å²) >= 11 is 0. The van der Waals surface area contributed by atoms with Crippen LogP contribution in [0.15, 0.2) is 24.4 Å². The fraction of sp³-hybridized carbons (Fsp3) is 0.542. The normalized spacial score (nSPS) is 23.6. The second-order valence-electron chi connectivity index (χ2n) is 10.3. The van der Waals surface area contributed by atoms with Crippen molar-refractivity contribution in [3.63, 3.8) is 0 Å². The van der Waals surface area contributed by atoms with Crippen LogP contribution in [0.3, 0.4) is 0 Å². The van der Waals surface area contributed by atoms with Crippen molar-refractivity contribution in [1.29, 1.82) is 0 Å². The number of amides is 1. The molecule has 1 aromatic heterocycles. The molecule has 1 aliphatic carbocycles. The summed E-state index contributed by atoms with van der Waals surface area (Å²) in [5.74, 6) is 0.866. The van der Waals surface area contributed by atoms with Gasteiger partial charge >= 0.3 is 0 Å². The Bertz CT molecular complexity index is 1320. The van der Waals surface area contributed by atoms with Gasteiger partial charge in [0.05, 0.1) is 23.9 Å². The van der Waals surface area contributed by atoms with Gasteiger partial charge in [0.25, 0.3) is 0 Å². The van der Waals surface area contributed by atoms with E-state index in [-0.39, 0.29) is 24.3 Å². The number of rotatable bonds is 5. The van der Waals surface area contributed by atoms with Gasteiger partial charge in [-0.2, -0.15) is 9.29 Å². The molecule has 10 nitrogen and oxygen atoms in total. The van der Waals surface area contributed by atoms with Crippen LogP contribution in [0.1, 0.15) is 30.4 Å². The summed E-state index contributed by atoms with van der Waals surface area (Å²) in [5, 5.41) is 0. The third kappa shape index (κ3) is 3.91. The summed E-state index contributed by atoms with van der Waals surface area (Å²) in [6.45, 7) is 3.30. The van der Waals surface area contributed by atoms with Crippen LogP contribution in [0.2, 0.25) is 0 Å². The number of carbonyl (C=O) groups excluding carboxylic acids is 1. The Morgan fingerprint density at radius 3 is 2.53 bits per heavy atom. The van der Waals surface area contributed by atoms with E-state index < -0.39 is 15.4 Å². The highest BCUT2D eigenvalue weighted by Gasteiger charge is 2.59. The third-order valence-corrected chi connectivity index (χ3v) is 9.15. The monoisotopic (exact) mass is 515 g/mol. The van der Waals surface area contributed by atoms with Crippen LogP contribution in [-0.2, 0) is 26.8 Å². The first kappa shape index (κ1) is 23.6. The first-order chi connectivity index (χ1) is 17.2. The van der Waals surface area contributed by atoms with Crippen molar-refractivity contribution in [3.05, 3.63) is 41.3 Å². The van der Waals surface area contributed by atoms with Crippen molar-refractivity contribution in [3.8, 4) is 0 Å². The van der Waals surface area contributed by atoms with Gasteiger partial charge in [0, 0.05) is 57.1 Å². The predicted octanol–water partition coefficient (Wildman–Crippen LogP) is 0.813. The molecule has 4 heterocycles. The number of carbonyl (C=O) groups is 1. The van der Waals surface area contributed by atoms with Crippen molar-refractivity contribution >= 4 is 33.4 Å². The Balaban J connectivity index is 1.34. The minimum atomic E-state index is -3.28. The van der Waals surface area contributed by atoms with Crippen molar-refractivity contribution in [1.82, 2.24) is 14.3 Å². The molecule has 1 amide bonds. The number of nitrogens with zero attached hydrogens (tertiary/aromatic N) is 6. The number of benzene rings is 1. The third-order valence-electron chi connectivity index (χ3n) is 7.84. The molecule has 3 aliphatic heterocycles. The van der Waals surface area contributed by atoms with Crippen molar-refractivity contribution in [2.45, 2.75) is 37.3 Å².